The molecule has 0 unspecified atom stereocenters. The quantitative estimate of drug-likeness (QED) is 0.544. The highest BCUT2D eigenvalue weighted by atomic mass is 35.5. The van der Waals surface area contributed by atoms with Gasteiger partial charge in [0.15, 0.2) is 0 Å². The number of nitrogens with one attached hydrogen (secondary N) is 1. The van der Waals surface area contributed by atoms with Crippen molar-refractivity contribution in [1.82, 2.24) is 10.3 Å². The van der Waals surface area contributed by atoms with Gasteiger partial charge in [-0.05, 0) is 44.9 Å². The predicted octanol–water partition coefficient (Wildman–Crippen LogP) is 3.63. The molecule has 8 heteroatoms. The monoisotopic (exact) mass is 492 g/mol. The molecule has 0 fully saturated rings. The van der Waals surface area contributed by atoms with Crippen LogP contribution in [0.2, 0.25) is 0 Å². The summed E-state index contributed by atoms with van der Waals surface area (Å²) in [7, 11) is 0. The number of amides is 1. The fourth-order valence-corrected chi connectivity index (χ4v) is 4.12. The van der Waals surface area contributed by atoms with Crippen molar-refractivity contribution in [3.8, 4) is 0 Å². The zero-order valence-corrected chi connectivity index (χ0v) is 21.4. The zero-order valence-electron chi connectivity index (χ0n) is 20.6. The van der Waals surface area contributed by atoms with Crippen molar-refractivity contribution in [2.75, 3.05) is 6.61 Å². The third kappa shape index (κ3) is 7.73. The normalized spacial score (nSPS) is 31.9. The van der Waals surface area contributed by atoms with E-state index in [4.69, 9.17) is 16.3 Å². The van der Waals surface area contributed by atoms with Crippen LogP contribution >= 0.6 is 11.6 Å². The maximum atomic E-state index is 13.1. The van der Waals surface area contributed by atoms with E-state index in [-0.39, 0.29) is 12.2 Å². The van der Waals surface area contributed by atoms with E-state index in [0.29, 0.717) is 30.2 Å². The summed E-state index contributed by atoms with van der Waals surface area (Å²) < 4.78 is 5.79. The lowest BCUT2D eigenvalue weighted by molar-refractivity contribution is -0.145. The molecule has 0 bridgehead atoms. The zero-order chi connectivity index (χ0) is 25.5. The first kappa shape index (κ1) is 28.2. The maximum absolute atomic E-state index is 13.1. The number of nitrogens with zero attached hydrogens (tertiary/aromatic N) is 1. The number of carbonyl (C=O) groups excluding carboxylic acids is 2. The number of halogens is 1. The topological polar surface area (TPSA) is 109 Å². The Morgan fingerprint density at radius 1 is 1.26 bits per heavy atom. The van der Waals surface area contributed by atoms with E-state index in [1.807, 2.05) is 25.1 Å². The first-order chi connectivity index (χ1) is 15.9. The molecular weight excluding hydrogens is 456 g/mol. The van der Waals surface area contributed by atoms with Crippen LogP contribution in [0.4, 0.5) is 0 Å². The fourth-order valence-electron chi connectivity index (χ4n) is 3.87. The highest BCUT2D eigenvalue weighted by Crippen LogP contribution is 2.30. The second-order valence-electron chi connectivity index (χ2n) is 9.60. The van der Waals surface area contributed by atoms with Gasteiger partial charge in [0.2, 0.25) is 5.91 Å². The van der Waals surface area contributed by atoms with Gasteiger partial charge in [-0.15, -0.1) is 0 Å². The lowest BCUT2D eigenvalue weighted by Gasteiger charge is -2.34. The van der Waals surface area contributed by atoms with E-state index in [2.05, 4.69) is 10.3 Å². The highest BCUT2D eigenvalue weighted by molar-refractivity contribution is 6.32. The molecule has 0 aromatic carbocycles. The minimum Gasteiger partial charge on any atom is -0.392 e. The first-order valence-electron chi connectivity index (χ1n) is 11.7. The van der Waals surface area contributed by atoms with Crippen molar-refractivity contribution in [2.45, 2.75) is 78.2 Å². The third-order valence-corrected chi connectivity index (χ3v) is 6.85. The Hall–Kier alpha value is -2.06. The van der Waals surface area contributed by atoms with E-state index in [9.17, 15) is 19.8 Å². The van der Waals surface area contributed by atoms with E-state index >= 15 is 0 Å². The molecule has 0 radical (unpaired) electrons. The molecule has 1 aliphatic rings. The number of carbonyl (C=O) groups is 2. The van der Waals surface area contributed by atoms with Gasteiger partial charge in [-0.3, -0.25) is 14.6 Å². The fraction of sp³-hybridized carbons (Fsp3) is 0.577. The Morgan fingerprint density at radius 3 is 2.62 bits per heavy atom. The summed E-state index contributed by atoms with van der Waals surface area (Å²) in [5, 5.41) is 24.7. The molecular formula is C26H37ClN2O5. The molecule has 0 saturated heterocycles. The number of aromatic nitrogens is 1. The average molecular weight is 493 g/mol. The molecule has 5 atom stereocenters. The summed E-state index contributed by atoms with van der Waals surface area (Å²) >= 11 is 6.58. The molecule has 34 heavy (non-hydrogen) atoms. The molecule has 3 N–H and O–H groups in total. The van der Waals surface area contributed by atoms with Crippen molar-refractivity contribution in [1.29, 1.82) is 0 Å². The number of ketones is 1. The Kier molecular flexibility index (Phi) is 10.4. The summed E-state index contributed by atoms with van der Waals surface area (Å²) in [4.78, 5) is 30.2. The molecule has 7 nitrogen and oxygen atoms in total. The van der Waals surface area contributed by atoms with Crippen LogP contribution in [0.25, 0.3) is 6.08 Å². The van der Waals surface area contributed by atoms with Gasteiger partial charge in [0, 0.05) is 17.1 Å². The van der Waals surface area contributed by atoms with Crippen LogP contribution < -0.4 is 5.32 Å². The Labute approximate surface area is 207 Å². The number of hydrogen-bond donors (Lipinski definition) is 3. The van der Waals surface area contributed by atoms with Crippen LogP contribution in [0.3, 0.4) is 0 Å². The molecule has 0 saturated carbocycles. The first-order valence-corrected chi connectivity index (χ1v) is 12.1. The summed E-state index contributed by atoms with van der Waals surface area (Å²) in [6, 6.07) is 4.94. The van der Waals surface area contributed by atoms with Gasteiger partial charge in [0.25, 0.3) is 0 Å². The number of Topliss-reactive ketones (excluding diaryl/α,β-unsaturated/α-hetero) is 1. The number of aliphatic hydroxyl groups is 2. The SMILES string of the molecule is C/C1=C/C[C@@H](/C(Cl)=C/c2ccccn2)NC(=O)C[C@H](O)C(C)(C)C(=O)[C@H](C)[C@H](O)[C@@H](C)OCC1. The van der Waals surface area contributed by atoms with Crippen molar-refractivity contribution < 1.29 is 24.5 Å². The minimum absolute atomic E-state index is 0.277. The molecule has 0 aliphatic carbocycles. The number of hydrogen-bond acceptors (Lipinski definition) is 6. The Balaban J connectivity index is 2.33. The molecule has 2 rings (SSSR count). The van der Waals surface area contributed by atoms with Gasteiger partial charge in [-0.1, -0.05) is 50.1 Å². The van der Waals surface area contributed by atoms with Crippen molar-refractivity contribution >= 4 is 29.4 Å². The lowest BCUT2D eigenvalue weighted by Crippen LogP contribution is -2.48. The van der Waals surface area contributed by atoms with E-state index in [0.717, 1.165) is 5.57 Å². The predicted molar refractivity (Wildman–Crippen MR) is 133 cm³/mol. The van der Waals surface area contributed by atoms with Crippen molar-refractivity contribution in [3.63, 3.8) is 0 Å². The van der Waals surface area contributed by atoms with E-state index in [1.54, 1.807) is 46.0 Å². The molecule has 2 heterocycles. The van der Waals surface area contributed by atoms with Gasteiger partial charge in [0.05, 0.1) is 48.5 Å². The molecule has 0 spiro atoms. The largest absolute Gasteiger partial charge is 0.392 e. The average Bonchev–Trinajstić information content (AvgIpc) is 2.79. The van der Waals surface area contributed by atoms with Crippen LogP contribution in [-0.4, -0.2) is 57.8 Å². The molecule has 1 amide bonds. The number of ether oxygens (including phenoxy) is 1. The second kappa shape index (κ2) is 12.6. The third-order valence-electron chi connectivity index (χ3n) is 6.47. The van der Waals surface area contributed by atoms with Gasteiger partial charge < -0.3 is 20.3 Å². The van der Waals surface area contributed by atoms with E-state index in [1.165, 1.54) is 0 Å². The van der Waals surface area contributed by atoms with Crippen LogP contribution in [0.1, 0.15) is 59.6 Å². The molecule has 188 valence electrons. The van der Waals surface area contributed by atoms with Crippen LogP contribution in [0, 0.1) is 11.3 Å². The number of rotatable bonds is 2. The lowest BCUT2D eigenvalue weighted by atomic mass is 9.74. The summed E-state index contributed by atoms with van der Waals surface area (Å²) in [5.41, 5.74) is 0.464. The van der Waals surface area contributed by atoms with Crippen LogP contribution in [0.5, 0.6) is 0 Å². The summed E-state index contributed by atoms with van der Waals surface area (Å²) in [6.07, 6.45) is 3.32. The minimum atomic E-state index is -1.24. The van der Waals surface area contributed by atoms with Crippen molar-refractivity contribution in [3.05, 3.63) is 46.8 Å². The van der Waals surface area contributed by atoms with Crippen molar-refractivity contribution in [2.24, 2.45) is 11.3 Å². The Morgan fingerprint density at radius 2 is 1.97 bits per heavy atom. The number of pyridine rings is 1. The standard InChI is InChI=1S/C26H37ClN2O5/c1-16-9-10-21(20(27)14-19-8-6-7-12-28-19)29-23(31)15-22(30)26(4,5)25(33)17(2)24(32)18(3)34-13-11-16/h6-9,12,14,17-18,21-22,24,30,32H,10-11,13,15H2,1-5H3,(H,29,31)/b16-9-,20-14-/t17-,18-,21+,22+,24+/m1/s1. The van der Waals surface area contributed by atoms with Gasteiger partial charge in [0.1, 0.15) is 5.78 Å². The number of aliphatic hydroxyl groups excluding tert-OH is 2. The molecule has 1 aromatic rings. The highest BCUT2D eigenvalue weighted by Gasteiger charge is 2.42. The summed E-state index contributed by atoms with van der Waals surface area (Å²) in [6.45, 7) is 8.86. The molecule has 1 aliphatic heterocycles. The van der Waals surface area contributed by atoms with E-state index < -0.39 is 41.6 Å². The van der Waals surface area contributed by atoms with Gasteiger partial charge >= 0.3 is 0 Å². The van der Waals surface area contributed by atoms with Crippen LogP contribution in [0.15, 0.2) is 41.1 Å². The summed E-state index contributed by atoms with van der Waals surface area (Å²) in [5.74, 6) is -1.52. The van der Waals surface area contributed by atoms with Gasteiger partial charge in [-0.2, -0.15) is 0 Å². The maximum Gasteiger partial charge on any atom is 0.223 e. The second-order valence-corrected chi connectivity index (χ2v) is 10.0. The smallest absolute Gasteiger partial charge is 0.223 e. The molecule has 1 aromatic heterocycles. The van der Waals surface area contributed by atoms with Gasteiger partial charge in [-0.25, -0.2) is 0 Å². The van der Waals surface area contributed by atoms with Crippen LogP contribution in [-0.2, 0) is 14.3 Å². The Bertz CT molecular complexity index is 900.